The number of thiazole rings is 1. The maximum absolute atomic E-state index is 4.50. The molecule has 1 aromatic heterocycles. The molecule has 1 aliphatic rings. The second-order valence-corrected chi connectivity index (χ2v) is 6.81. The molecule has 1 atom stereocenters. The largest absolute Gasteiger partial charge is 0.308 e. The van der Waals surface area contributed by atoms with Crippen LogP contribution in [-0.4, -0.2) is 34.6 Å². The van der Waals surface area contributed by atoms with E-state index in [9.17, 15) is 0 Å². The van der Waals surface area contributed by atoms with E-state index in [4.69, 9.17) is 0 Å². The van der Waals surface area contributed by atoms with E-state index < -0.39 is 0 Å². The van der Waals surface area contributed by atoms with Gasteiger partial charge in [-0.15, -0.1) is 11.3 Å². The minimum Gasteiger partial charge on any atom is -0.308 e. The number of nitrogens with one attached hydrogen (secondary N) is 1. The Bertz CT molecular complexity index is 384. The Balaban J connectivity index is 2.05. The zero-order chi connectivity index (χ0) is 13.2. The third-order valence-electron chi connectivity index (χ3n) is 4.26. The lowest BCUT2D eigenvalue weighted by atomic mass is 9.89. The van der Waals surface area contributed by atoms with Crippen molar-refractivity contribution in [3.05, 3.63) is 16.1 Å². The fourth-order valence-electron chi connectivity index (χ4n) is 2.68. The molecule has 1 unspecified atom stereocenters. The van der Waals surface area contributed by atoms with Crippen LogP contribution in [0, 0.1) is 6.92 Å². The normalized spacial score (nSPS) is 24.3. The first-order chi connectivity index (χ1) is 8.58. The summed E-state index contributed by atoms with van der Waals surface area (Å²) in [6.07, 6.45) is 4.38. The third kappa shape index (κ3) is 2.92. The lowest BCUT2D eigenvalue weighted by Crippen LogP contribution is -2.62. The van der Waals surface area contributed by atoms with Crippen LogP contribution in [0.5, 0.6) is 0 Å². The van der Waals surface area contributed by atoms with E-state index in [1.54, 1.807) is 0 Å². The first-order valence-corrected chi connectivity index (χ1v) is 7.80. The van der Waals surface area contributed by atoms with Gasteiger partial charge in [0.25, 0.3) is 0 Å². The van der Waals surface area contributed by atoms with Gasteiger partial charge in [-0.05, 0) is 26.7 Å². The molecule has 2 heterocycles. The van der Waals surface area contributed by atoms with Crippen molar-refractivity contribution in [1.29, 1.82) is 0 Å². The quantitative estimate of drug-likeness (QED) is 0.909. The SMILES string of the molecule is CCC1(CC)CN(Cc2ncc(C)s2)C(C)CN1. The number of aryl methyl sites for hydroxylation is 1. The predicted octanol–water partition coefficient (Wildman–Crippen LogP) is 2.80. The van der Waals surface area contributed by atoms with Crippen LogP contribution < -0.4 is 5.32 Å². The van der Waals surface area contributed by atoms with E-state index in [1.165, 1.54) is 22.7 Å². The Labute approximate surface area is 115 Å². The lowest BCUT2D eigenvalue weighted by molar-refractivity contribution is 0.0745. The molecule has 0 aliphatic carbocycles. The fraction of sp³-hybridized carbons (Fsp3) is 0.786. The molecule has 0 amide bonds. The van der Waals surface area contributed by atoms with Gasteiger partial charge in [0, 0.05) is 35.7 Å². The summed E-state index contributed by atoms with van der Waals surface area (Å²) in [6, 6.07) is 0.598. The molecule has 1 aliphatic heterocycles. The van der Waals surface area contributed by atoms with Gasteiger partial charge in [-0.1, -0.05) is 13.8 Å². The summed E-state index contributed by atoms with van der Waals surface area (Å²) in [5, 5.41) is 5.00. The predicted molar refractivity (Wildman–Crippen MR) is 78.0 cm³/mol. The van der Waals surface area contributed by atoms with Crippen molar-refractivity contribution in [1.82, 2.24) is 15.2 Å². The van der Waals surface area contributed by atoms with Crippen molar-refractivity contribution >= 4 is 11.3 Å². The molecule has 18 heavy (non-hydrogen) atoms. The highest BCUT2D eigenvalue weighted by Gasteiger charge is 2.35. The molecule has 1 aromatic rings. The van der Waals surface area contributed by atoms with Gasteiger partial charge in [0.05, 0.1) is 6.54 Å². The van der Waals surface area contributed by atoms with Gasteiger partial charge in [-0.2, -0.15) is 0 Å². The minimum absolute atomic E-state index is 0.304. The van der Waals surface area contributed by atoms with Gasteiger partial charge in [0.1, 0.15) is 5.01 Å². The van der Waals surface area contributed by atoms with Gasteiger partial charge in [-0.25, -0.2) is 4.98 Å². The van der Waals surface area contributed by atoms with Gasteiger partial charge in [0.2, 0.25) is 0 Å². The Morgan fingerprint density at radius 1 is 1.50 bits per heavy atom. The van der Waals surface area contributed by atoms with Crippen LogP contribution in [0.25, 0.3) is 0 Å². The Morgan fingerprint density at radius 3 is 2.78 bits per heavy atom. The molecule has 1 N–H and O–H groups in total. The lowest BCUT2D eigenvalue weighted by Gasteiger charge is -2.46. The first-order valence-electron chi connectivity index (χ1n) is 6.99. The van der Waals surface area contributed by atoms with E-state index in [2.05, 4.69) is 42.9 Å². The molecule has 1 saturated heterocycles. The average molecular weight is 267 g/mol. The maximum Gasteiger partial charge on any atom is 0.107 e. The van der Waals surface area contributed by atoms with Gasteiger partial charge >= 0.3 is 0 Å². The second-order valence-electron chi connectivity index (χ2n) is 5.49. The van der Waals surface area contributed by atoms with E-state index in [1.807, 2.05) is 17.5 Å². The maximum atomic E-state index is 4.50. The number of hydrogen-bond donors (Lipinski definition) is 1. The zero-order valence-electron chi connectivity index (χ0n) is 12.0. The first kappa shape index (κ1) is 14.0. The number of hydrogen-bond acceptors (Lipinski definition) is 4. The fourth-order valence-corrected chi connectivity index (χ4v) is 3.49. The molecule has 102 valence electrons. The molecule has 2 rings (SSSR count). The second kappa shape index (κ2) is 5.68. The molecular weight excluding hydrogens is 242 g/mol. The summed E-state index contributed by atoms with van der Waals surface area (Å²) in [6.45, 7) is 12.2. The molecule has 3 nitrogen and oxygen atoms in total. The summed E-state index contributed by atoms with van der Waals surface area (Å²) in [4.78, 5) is 8.40. The highest BCUT2D eigenvalue weighted by Crippen LogP contribution is 2.25. The Hall–Kier alpha value is -0.450. The van der Waals surface area contributed by atoms with E-state index in [0.29, 0.717) is 11.6 Å². The van der Waals surface area contributed by atoms with Crippen LogP contribution in [0.3, 0.4) is 0 Å². The highest BCUT2D eigenvalue weighted by atomic mass is 32.1. The van der Waals surface area contributed by atoms with Crippen LogP contribution >= 0.6 is 11.3 Å². The van der Waals surface area contributed by atoms with Crippen LogP contribution in [-0.2, 0) is 6.54 Å². The van der Waals surface area contributed by atoms with E-state index >= 15 is 0 Å². The summed E-state index contributed by atoms with van der Waals surface area (Å²) in [5.74, 6) is 0. The molecule has 0 saturated carbocycles. The highest BCUT2D eigenvalue weighted by molar-refractivity contribution is 7.11. The Kier molecular flexibility index (Phi) is 4.41. The average Bonchev–Trinajstić information content (AvgIpc) is 2.78. The minimum atomic E-state index is 0.304. The van der Waals surface area contributed by atoms with Crippen molar-refractivity contribution in [2.75, 3.05) is 13.1 Å². The Morgan fingerprint density at radius 2 is 2.22 bits per heavy atom. The van der Waals surface area contributed by atoms with Gasteiger partial charge < -0.3 is 5.32 Å². The molecule has 0 radical (unpaired) electrons. The zero-order valence-corrected chi connectivity index (χ0v) is 12.8. The smallest absolute Gasteiger partial charge is 0.107 e. The number of piperazine rings is 1. The molecular formula is C14H25N3S. The van der Waals surface area contributed by atoms with Crippen molar-refractivity contribution in [2.24, 2.45) is 0 Å². The molecule has 0 bridgehead atoms. The molecule has 0 aromatic carbocycles. The van der Waals surface area contributed by atoms with Crippen molar-refractivity contribution in [3.8, 4) is 0 Å². The van der Waals surface area contributed by atoms with Crippen LogP contribution in [0.4, 0.5) is 0 Å². The standard InChI is InChI=1S/C14H25N3S/c1-5-14(6-2)10-17(11(3)7-16-14)9-13-15-8-12(4)18-13/h8,11,16H,5-7,9-10H2,1-4H3. The monoisotopic (exact) mass is 267 g/mol. The van der Waals surface area contributed by atoms with Gasteiger partial charge in [-0.3, -0.25) is 4.90 Å². The van der Waals surface area contributed by atoms with Crippen LogP contribution in [0.1, 0.15) is 43.5 Å². The molecule has 1 fully saturated rings. The van der Waals surface area contributed by atoms with Crippen molar-refractivity contribution in [3.63, 3.8) is 0 Å². The summed E-state index contributed by atoms with van der Waals surface area (Å²) >= 11 is 1.83. The van der Waals surface area contributed by atoms with Crippen molar-refractivity contribution < 1.29 is 0 Å². The summed E-state index contributed by atoms with van der Waals surface area (Å²) in [5.41, 5.74) is 0.304. The number of rotatable bonds is 4. The molecule has 0 spiro atoms. The van der Waals surface area contributed by atoms with Crippen LogP contribution in [0.15, 0.2) is 6.20 Å². The van der Waals surface area contributed by atoms with E-state index in [0.717, 1.165) is 19.6 Å². The topological polar surface area (TPSA) is 28.2 Å². The summed E-state index contributed by atoms with van der Waals surface area (Å²) in [7, 11) is 0. The van der Waals surface area contributed by atoms with E-state index in [-0.39, 0.29) is 0 Å². The van der Waals surface area contributed by atoms with Crippen molar-refractivity contribution in [2.45, 2.75) is 58.7 Å². The molecule has 4 heteroatoms. The van der Waals surface area contributed by atoms with Gasteiger partial charge in [0.15, 0.2) is 0 Å². The summed E-state index contributed by atoms with van der Waals surface area (Å²) < 4.78 is 0. The number of nitrogens with zero attached hydrogens (tertiary/aromatic N) is 2. The van der Waals surface area contributed by atoms with Crippen LogP contribution in [0.2, 0.25) is 0 Å². The third-order valence-corrected chi connectivity index (χ3v) is 5.16. The number of aromatic nitrogens is 1.